The summed E-state index contributed by atoms with van der Waals surface area (Å²) < 4.78 is 5.06. The zero-order valence-electron chi connectivity index (χ0n) is 6.92. The summed E-state index contributed by atoms with van der Waals surface area (Å²) >= 11 is 0. The summed E-state index contributed by atoms with van der Waals surface area (Å²) in [6.07, 6.45) is 1.54. The molecule has 1 N–H and O–H groups in total. The van der Waals surface area contributed by atoms with Gasteiger partial charge in [0.15, 0.2) is 0 Å². The maximum atomic E-state index is 11.1. The molecule has 2 heterocycles. The van der Waals surface area contributed by atoms with Crippen LogP contribution in [0.2, 0.25) is 0 Å². The van der Waals surface area contributed by atoms with E-state index in [0.717, 1.165) is 10.9 Å². The summed E-state index contributed by atoms with van der Waals surface area (Å²) in [5.74, 6) is 0. The zero-order valence-corrected chi connectivity index (χ0v) is 6.92. The van der Waals surface area contributed by atoms with Crippen molar-refractivity contribution >= 4 is 11.1 Å². The van der Waals surface area contributed by atoms with Crippen LogP contribution in [0.15, 0.2) is 21.5 Å². The van der Waals surface area contributed by atoms with Crippen molar-refractivity contribution in [1.82, 2.24) is 4.98 Å². The van der Waals surface area contributed by atoms with E-state index in [2.05, 4.69) is 4.98 Å². The first-order valence-electron chi connectivity index (χ1n) is 3.73. The first kappa shape index (κ1) is 7.62. The molecule has 0 aliphatic heterocycles. The Balaban J connectivity index is 2.95. The van der Waals surface area contributed by atoms with Crippen molar-refractivity contribution in [3.05, 3.63) is 33.8 Å². The summed E-state index contributed by atoms with van der Waals surface area (Å²) in [5.41, 5.74) is 1.02. The van der Waals surface area contributed by atoms with Crippen LogP contribution in [-0.4, -0.2) is 4.98 Å². The van der Waals surface area contributed by atoms with Crippen molar-refractivity contribution in [2.75, 3.05) is 0 Å². The second kappa shape index (κ2) is 2.49. The fourth-order valence-electron chi connectivity index (χ4n) is 1.19. The Morgan fingerprint density at radius 2 is 2.38 bits per heavy atom. The molecule has 64 valence electrons. The van der Waals surface area contributed by atoms with Gasteiger partial charge in [0.1, 0.15) is 11.6 Å². The first-order valence-corrected chi connectivity index (χ1v) is 3.73. The van der Waals surface area contributed by atoms with E-state index < -0.39 is 5.56 Å². The van der Waals surface area contributed by atoms with Gasteiger partial charge >= 0.3 is 0 Å². The molecule has 0 aliphatic rings. The Kier molecular flexibility index (Phi) is 1.46. The largest absolute Gasteiger partial charge is 0.448 e. The normalized spacial score (nSPS) is 10.2. The van der Waals surface area contributed by atoms with Gasteiger partial charge in [0, 0.05) is 5.39 Å². The Bertz CT molecular complexity index is 557. The van der Waals surface area contributed by atoms with E-state index in [9.17, 15) is 4.79 Å². The van der Waals surface area contributed by atoms with Crippen LogP contribution in [0.5, 0.6) is 0 Å². The van der Waals surface area contributed by atoms with E-state index in [-0.39, 0.29) is 5.56 Å². The SMILES string of the molecule is Cc1coc2[nH]c(=O)c(C#N)cc12. The number of nitrogens with one attached hydrogen (secondary N) is 1. The number of hydrogen-bond acceptors (Lipinski definition) is 3. The van der Waals surface area contributed by atoms with Crippen LogP contribution in [-0.2, 0) is 0 Å². The van der Waals surface area contributed by atoms with E-state index in [0.29, 0.717) is 5.71 Å². The molecule has 4 heteroatoms. The van der Waals surface area contributed by atoms with E-state index in [4.69, 9.17) is 9.68 Å². The lowest BCUT2D eigenvalue weighted by atomic mass is 10.2. The Labute approximate surface area is 73.4 Å². The molecular weight excluding hydrogens is 168 g/mol. The molecule has 0 amide bonds. The van der Waals surface area contributed by atoms with Crippen molar-refractivity contribution in [3.8, 4) is 6.07 Å². The number of H-pyrrole nitrogens is 1. The van der Waals surface area contributed by atoms with Gasteiger partial charge in [-0.1, -0.05) is 0 Å². The molecule has 0 aliphatic carbocycles. The molecule has 0 saturated carbocycles. The highest BCUT2D eigenvalue weighted by Crippen LogP contribution is 2.16. The van der Waals surface area contributed by atoms with Crippen molar-refractivity contribution in [3.63, 3.8) is 0 Å². The molecule has 4 nitrogen and oxygen atoms in total. The number of nitrogens with zero attached hydrogens (tertiary/aromatic N) is 1. The van der Waals surface area contributed by atoms with Gasteiger partial charge in [-0.2, -0.15) is 5.26 Å². The van der Waals surface area contributed by atoms with Crippen molar-refractivity contribution < 1.29 is 4.42 Å². The molecule has 0 saturated heterocycles. The fraction of sp³-hybridized carbons (Fsp3) is 0.111. The van der Waals surface area contributed by atoms with Gasteiger partial charge < -0.3 is 4.42 Å². The summed E-state index contributed by atoms with van der Waals surface area (Å²) in [5, 5.41) is 9.38. The van der Waals surface area contributed by atoms with Crippen LogP contribution < -0.4 is 5.56 Å². The van der Waals surface area contributed by atoms with Gasteiger partial charge in [-0.05, 0) is 18.6 Å². The lowest BCUT2D eigenvalue weighted by molar-refractivity contribution is 0.599. The highest BCUT2D eigenvalue weighted by atomic mass is 16.3. The molecule has 0 fully saturated rings. The summed E-state index contributed by atoms with van der Waals surface area (Å²) in [7, 11) is 0. The van der Waals surface area contributed by atoms with Gasteiger partial charge in [0.05, 0.1) is 6.26 Å². The Hall–Kier alpha value is -2.02. The average molecular weight is 174 g/mol. The van der Waals surface area contributed by atoms with Crippen LogP contribution in [0.25, 0.3) is 11.1 Å². The third-order valence-corrected chi connectivity index (χ3v) is 1.90. The van der Waals surface area contributed by atoms with Crippen LogP contribution >= 0.6 is 0 Å². The summed E-state index contributed by atoms with van der Waals surface area (Å²) in [6.45, 7) is 1.85. The second-order valence-electron chi connectivity index (χ2n) is 2.79. The number of aromatic nitrogens is 1. The van der Waals surface area contributed by atoms with Crippen molar-refractivity contribution in [2.24, 2.45) is 0 Å². The predicted molar refractivity (Wildman–Crippen MR) is 46.3 cm³/mol. The number of fused-ring (bicyclic) bond motifs is 1. The first-order chi connectivity index (χ1) is 6.22. The number of hydrogen-bond donors (Lipinski definition) is 1. The van der Waals surface area contributed by atoms with E-state index >= 15 is 0 Å². The molecule has 0 spiro atoms. The topological polar surface area (TPSA) is 69.8 Å². The number of rotatable bonds is 0. The molecule has 2 rings (SSSR count). The lowest BCUT2D eigenvalue weighted by Crippen LogP contribution is -2.08. The third kappa shape index (κ3) is 1.02. The molecule has 13 heavy (non-hydrogen) atoms. The van der Waals surface area contributed by atoms with Crippen LogP contribution in [0.4, 0.5) is 0 Å². The van der Waals surface area contributed by atoms with E-state index in [1.807, 2.05) is 13.0 Å². The number of pyridine rings is 1. The monoisotopic (exact) mass is 174 g/mol. The van der Waals surface area contributed by atoms with E-state index in [1.165, 1.54) is 6.07 Å². The van der Waals surface area contributed by atoms with Crippen molar-refractivity contribution in [2.45, 2.75) is 6.92 Å². The number of aromatic amines is 1. The van der Waals surface area contributed by atoms with E-state index in [1.54, 1.807) is 6.26 Å². The average Bonchev–Trinajstić information content (AvgIpc) is 2.46. The van der Waals surface area contributed by atoms with Gasteiger partial charge in [0.25, 0.3) is 5.56 Å². The molecule has 2 aromatic heterocycles. The molecule has 2 aromatic rings. The summed E-state index contributed by atoms with van der Waals surface area (Å²) in [4.78, 5) is 13.6. The fourth-order valence-corrected chi connectivity index (χ4v) is 1.19. The Morgan fingerprint density at radius 3 is 3.08 bits per heavy atom. The Morgan fingerprint density at radius 1 is 1.62 bits per heavy atom. The van der Waals surface area contributed by atoms with Gasteiger partial charge in [-0.3, -0.25) is 9.78 Å². The lowest BCUT2D eigenvalue weighted by Gasteiger charge is -1.89. The molecule has 0 bridgehead atoms. The standard InChI is InChI=1S/C9H6N2O2/c1-5-4-13-9-7(5)2-6(3-10)8(12)11-9/h2,4H,1H3,(H,11,12). The quantitative estimate of drug-likeness (QED) is 0.654. The van der Waals surface area contributed by atoms with Gasteiger partial charge in [0.2, 0.25) is 5.71 Å². The van der Waals surface area contributed by atoms with Crippen LogP contribution in [0.3, 0.4) is 0 Å². The second-order valence-corrected chi connectivity index (χ2v) is 2.79. The smallest absolute Gasteiger partial charge is 0.268 e. The molecule has 0 radical (unpaired) electrons. The van der Waals surface area contributed by atoms with Gasteiger partial charge in [-0.15, -0.1) is 0 Å². The number of aryl methyl sites for hydroxylation is 1. The summed E-state index contributed by atoms with van der Waals surface area (Å²) in [6, 6.07) is 3.35. The third-order valence-electron chi connectivity index (χ3n) is 1.90. The highest BCUT2D eigenvalue weighted by Gasteiger charge is 2.06. The minimum absolute atomic E-state index is 0.108. The maximum Gasteiger partial charge on any atom is 0.268 e. The predicted octanol–water partition coefficient (Wildman–Crippen LogP) is 1.30. The molecule has 0 aromatic carbocycles. The molecular formula is C9H6N2O2. The number of furan rings is 1. The molecule has 0 unspecified atom stereocenters. The van der Waals surface area contributed by atoms with Crippen molar-refractivity contribution in [1.29, 1.82) is 5.26 Å². The number of nitriles is 1. The minimum atomic E-state index is -0.413. The highest BCUT2D eigenvalue weighted by molar-refractivity contribution is 5.78. The van der Waals surface area contributed by atoms with Crippen LogP contribution in [0.1, 0.15) is 11.1 Å². The minimum Gasteiger partial charge on any atom is -0.448 e. The van der Waals surface area contributed by atoms with Crippen LogP contribution in [0, 0.1) is 18.3 Å². The zero-order chi connectivity index (χ0) is 9.42. The van der Waals surface area contributed by atoms with Gasteiger partial charge in [-0.25, -0.2) is 0 Å². The molecule has 0 atom stereocenters. The maximum absolute atomic E-state index is 11.1.